The number of rotatable bonds is 12. The Balaban J connectivity index is 1.79. The number of hydrogen-bond donors (Lipinski definition) is 1. The lowest BCUT2D eigenvalue weighted by molar-refractivity contribution is -0.139. The maximum Gasteiger partial charge on any atom is 0.243 e. The molecule has 0 aromatic heterocycles. The Hall–Kier alpha value is -3.32. The summed E-state index contributed by atoms with van der Waals surface area (Å²) in [5.74, 6) is 0.979. The molecule has 3 aromatic rings. The summed E-state index contributed by atoms with van der Waals surface area (Å²) in [6.07, 6.45) is 0.392. The number of halogens is 1. The Labute approximate surface area is 210 Å². The number of nitrogens with one attached hydrogen (secondary N) is 1. The summed E-state index contributed by atoms with van der Waals surface area (Å²) in [5.41, 5.74) is 2.81. The average Bonchev–Trinajstić information content (AvgIpc) is 2.88. The Kier molecular flexibility index (Phi) is 10.2. The second-order valence-corrected chi connectivity index (χ2v) is 9.07. The number of nitrogens with zero attached hydrogens (tertiary/aromatic N) is 1. The van der Waals surface area contributed by atoms with E-state index in [1.54, 1.807) is 24.1 Å². The molecule has 7 heteroatoms. The summed E-state index contributed by atoms with van der Waals surface area (Å²) in [7, 11) is 1.62. The molecule has 0 saturated heterocycles. The summed E-state index contributed by atoms with van der Waals surface area (Å²) in [6.45, 7) is 2.54. The molecule has 5 nitrogen and oxygen atoms in total. The molecular weight excluding hydrogens is 463 g/mol. The molecule has 0 spiro atoms. The lowest BCUT2D eigenvalue weighted by Gasteiger charge is -2.31. The van der Waals surface area contributed by atoms with Crippen LogP contribution in [0.2, 0.25) is 0 Å². The van der Waals surface area contributed by atoms with Crippen molar-refractivity contribution < 1.29 is 18.7 Å². The Bertz CT molecular complexity index is 1080. The summed E-state index contributed by atoms with van der Waals surface area (Å²) in [6, 6.07) is 22.7. The molecule has 0 fully saturated rings. The maximum atomic E-state index is 13.5. The van der Waals surface area contributed by atoms with E-state index < -0.39 is 6.04 Å². The minimum Gasteiger partial charge on any atom is -0.497 e. The molecule has 0 aliphatic heterocycles. The molecule has 3 aromatic carbocycles. The third-order valence-electron chi connectivity index (χ3n) is 5.54. The van der Waals surface area contributed by atoms with Gasteiger partial charge in [-0.2, -0.15) is 0 Å². The number of amides is 2. The molecule has 0 saturated carbocycles. The second kappa shape index (κ2) is 13.5. The van der Waals surface area contributed by atoms with Crippen LogP contribution in [0, 0.1) is 5.82 Å². The quantitative estimate of drug-likeness (QED) is 0.391. The Morgan fingerprint density at radius 3 is 2.23 bits per heavy atom. The van der Waals surface area contributed by atoms with Gasteiger partial charge in [-0.15, -0.1) is 11.8 Å². The van der Waals surface area contributed by atoms with Crippen LogP contribution in [0.3, 0.4) is 0 Å². The zero-order chi connectivity index (χ0) is 25.0. The van der Waals surface area contributed by atoms with Crippen molar-refractivity contribution in [3.63, 3.8) is 0 Å². The Morgan fingerprint density at radius 2 is 1.60 bits per heavy atom. The van der Waals surface area contributed by atoms with E-state index in [0.717, 1.165) is 22.4 Å². The highest BCUT2D eigenvalue weighted by Crippen LogP contribution is 2.20. The molecule has 0 aliphatic carbocycles. The topological polar surface area (TPSA) is 58.6 Å². The van der Waals surface area contributed by atoms with E-state index in [0.29, 0.717) is 18.7 Å². The van der Waals surface area contributed by atoms with Gasteiger partial charge in [0.1, 0.15) is 17.6 Å². The van der Waals surface area contributed by atoms with E-state index in [1.807, 2.05) is 61.5 Å². The second-order valence-electron chi connectivity index (χ2n) is 8.09. The van der Waals surface area contributed by atoms with Crippen molar-refractivity contribution in [1.29, 1.82) is 0 Å². The molecule has 184 valence electrons. The molecule has 1 atom stereocenters. The summed E-state index contributed by atoms with van der Waals surface area (Å²) in [5, 5.41) is 2.88. The molecule has 1 N–H and O–H groups in total. The van der Waals surface area contributed by atoms with E-state index in [9.17, 15) is 14.0 Å². The van der Waals surface area contributed by atoms with Crippen molar-refractivity contribution in [2.75, 3.05) is 19.4 Å². The summed E-state index contributed by atoms with van der Waals surface area (Å²) < 4.78 is 18.7. The van der Waals surface area contributed by atoms with Crippen molar-refractivity contribution in [3.05, 3.63) is 101 Å². The van der Waals surface area contributed by atoms with Crippen molar-refractivity contribution in [1.82, 2.24) is 10.2 Å². The van der Waals surface area contributed by atoms with Crippen molar-refractivity contribution >= 4 is 23.6 Å². The van der Waals surface area contributed by atoms with Gasteiger partial charge in [0, 0.05) is 25.3 Å². The molecule has 0 radical (unpaired) electrons. The highest BCUT2D eigenvalue weighted by molar-refractivity contribution is 7.99. The normalized spacial score (nSPS) is 11.5. The van der Waals surface area contributed by atoms with Crippen LogP contribution in [0.4, 0.5) is 4.39 Å². The van der Waals surface area contributed by atoms with Crippen molar-refractivity contribution in [3.8, 4) is 5.75 Å². The van der Waals surface area contributed by atoms with E-state index in [-0.39, 0.29) is 29.9 Å². The first kappa shape index (κ1) is 26.3. The van der Waals surface area contributed by atoms with Gasteiger partial charge in [-0.05, 0) is 47.9 Å². The number of benzene rings is 3. The number of likely N-dealkylation sites (N-methyl/N-ethyl adjacent to an activating group) is 1. The van der Waals surface area contributed by atoms with Crippen molar-refractivity contribution in [2.45, 2.75) is 31.7 Å². The molecule has 0 aliphatic rings. The third-order valence-corrected chi connectivity index (χ3v) is 6.53. The lowest BCUT2D eigenvalue weighted by Crippen LogP contribution is -2.51. The molecular formula is C28H31FN2O3S. The highest BCUT2D eigenvalue weighted by Gasteiger charge is 2.30. The molecule has 35 heavy (non-hydrogen) atoms. The summed E-state index contributed by atoms with van der Waals surface area (Å²) >= 11 is 1.49. The van der Waals surface area contributed by atoms with E-state index in [1.165, 1.54) is 23.9 Å². The predicted octanol–water partition coefficient (Wildman–Crippen LogP) is 4.84. The van der Waals surface area contributed by atoms with Gasteiger partial charge in [-0.25, -0.2) is 4.39 Å². The zero-order valence-corrected chi connectivity index (χ0v) is 20.9. The minimum absolute atomic E-state index is 0.139. The van der Waals surface area contributed by atoms with Gasteiger partial charge in [0.25, 0.3) is 0 Å². The summed E-state index contributed by atoms with van der Waals surface area (Å²) in [4.78, 5) is 28.2. The molecule has 3 rings (SSSR count). The first-order valence-electron chi connectivity index (χ1n) is 11.6. The van der Waals surface area contributed by atoms with Crippen LogP contribution < -0.4 is 10.1 Å². The van der Waals surface area contributed by atoms with Gasteiger partial charge in [0.15, 0.2) is 0 Å². The van der Waals surface area contributed by atoms with Gasteiger partial charge in [-0.1, -0.05) is 54.6 Å². The molecule has 1 unspecified atom stereocenters. The Morgan fingerprint density at radius 1 is 0.943 bits per heavy atom. The lowest BCUT2D eigenvalue weighted by atomic mass is 10.0. The van der Waals surface area contributed by atoms with Crippen LogP contribution in [-0.4, -0.2) is 42.2 Å². The van der Waals surface area contributed by atoms with Gasteiger partial charge in [0.2, 0.25) is 11.8 Å². The van der Waals surface area contributed by atoms with Crippen LogP contribution in [-0.2, 0) is 28.3 Å². The van der Waals surface area contributed by atoms with E-state index in [4.69, 9.17) is 4.74 Å². The molecule has 0 heterocycles. The maximum absolute atomic E-state index is 13.5. The average molecular weight is 495 g/mol. The SMILES string of the molecule is CCNC(=O)C(Cc1ccccc1)N(Cc1ccc(F)cc1)C(=O)CSCc1ccc(OC)cc1. The van der Waals surface area contributed by atoms with Crippen LogP contribution in [0.1, 0.15) is 23.6 Å². The fourth-order valence-electron chi connectivity index (χ4n) is 3.69. The number of carbonyl (C=O) groups excluding carboxylic acids is 2. The smallest absolute Gasteiger partial charge is 0.243 e. The largest absolute Gasteiger partial charge is 0.497 e. The van der Waals surface area contributed by atoms with Gasteiger partial charge >= 0.3 is 0 Å². The van der Waals surface area contributed by atoms with Crippen molar-refractivity contribution in [2.24, 2.45) is 0 Å². The number of ether oxygens (including phenoxy) is 1. The van der Waals surface area contributed by atoms with Crippen LogP contribution in [0.5, 0.6) is 5.75 Å². The highest BCUT2D eigenvalue weighted by atomic mass is 32.2. The number of hydrogen-bond acceptors (Lipinski definition) is 4. The van der Waals surface area contributed by atoms with E-state index >= 15 is 0 Å². The monoisotopic (exact) mass is 494 g/mol. The first-order valence-corrected chi connectivity index (χ1v) is 12.7. The fourth-order valence-corrected chi connectivity index (χ4v) is 4.56. The minimum atomic E-state index is -0.684. The van der Waals surface area contributed by atoms with Gasteiger partial charge in [-0.3, -0.25) is 9.59 Å². The molecule has 0 bridgehead atoms. The number of methoxy groups -OCH3 is 1. The third kappa shape index (κ3) is 8.14. The van der Waals surface area contributed by atoms with Crippen LogP contribution in [0.25, 0.3) is 0 Å². The standard InChI is InChI=1S/C28H31FN2O3S/c1-3-30-28(33)26(17-21-7-5-4-6-8-21)31(18-22-9-13-24(29)14-10-22)27(32)20-35-19-23-11-15-25(34-2)16-12-23/h4-16,26H,3,17-20H2,1-2H3,(H,30,33). The predicted molar refractivity (Wildman–Crippen MR) is 139 cm³/mol. The van der Waals surface area contributed by atoms with Crippen LogP contribution in [0.15, 0.2) is 78.9 Å². The van der Waals surface area contributed by atoms with Gasteiger partial charge in [0.05, 0.1) is 12.9 Å². The molecule has 2 amide bonds. The zero-order valence-electron chi connectivity index (χ0n) is 20.1. The number of thioether (sulfide) groups is 1. The van der Waals surface area contributed by atoms with Gasteiger partial charge < -0.3 is 15.0 Å². The number of carbonyl (C=O) groups is 2. The van der Waals surface area contributed by atoms with E-state index in [2.05, 4.69) is 5.32 Å². The first-order chi connectivity index (χ1) is 17.0. The van der Waals surface area contributed by atoms with Crippen LogP contribution >= 0.6 is 11.8 Å². The fraction of sp³-hybridized carbons (Fsp3) is 0.286.